The zero-order valence-electron chi connectivity index (χ0n) is 48.5. The van der Waals surface area contributed by atoms with Crippen LogP contribution in [0.1, 0.15) is 284 Å². The first-order valence-corrected chi connectivity index (χ1v) is 31.9. The molecule has 14 heteroatoms. The molecule has 2 heterocycles. The average Bonchev–Trinajstić information content (AvgIpc) is 3.42. The zero-order valence-corrected chi connectivity index (χ0v) is 48.5. The van der Waals surface area contributed by atoms with Gasteiger partial charge in [0.2, 0.25) is 5.91 Å². The van der Waals surface area contributed by atoms with Gasteiger partial charge in [0.15, 0.2) is 12.6 Å². The SMILES string of the molecule is CCC/C=C\CCCCCCCC(=O)NC(COC1OC(CO)C(OC2OC(CO)C(O)C(O)C2O)C(O)C1O)C(O)CCCCCCCCCCCCCCCCCCCCCCCCCCCCCCCCCC. The maximum atomic E-state index is 13.2. The van der Waals surface area contributed by atoms with Gasteiger partial charge in [-0.15, -0.1) is 0 Å². The van der Waals surface area contributed by atoms with Crippen LogP contribution in [0, 0.1) is 0 Å². The van der Waals surface area contributed by atoms with Crippen molar-refractivity contribution >= 4 is 5.91 Å². The van der Waals surface area contributed by atoms with E-state index in [9.17, 15) is 45.6 Å². The van der Waals surface area contributed by atoms with Crippen LogP contribution in [0.5, 0.6) is 0 Å². The molecule has 1 amide bonds. The van der Waals surface area contributed by atoms with Gasteiger partial charge in [-0.25, -0.2) is 0 Å². The van der Waals surface area contributed by atoms with Crippen LogP contribution >= 0.6 is 0 Å². The Morgan fingerprint density at radius 2 is 0.855 bits per heavy atom. The summed E-state index contributed by atoms with van der Waals surface area (Å²) in [4.78, 5) is 13.2. The van der Waals surface area contributed by atoms with E-state index in [1.807, 2.05) is 0 Å². The van der Waals surface area contributed by atoms with Gasteiger partial charge in [0.25, 0.3) is 0 Å². The second-order valence-electron chi connectivity index (χ2n) is 22.9. The van der Waals surface area contributed by atoms with Crippen molar-refractivity contribution < 1.29 is 64.6 Å². The summed E-state index contributed by atoms with van der Waals surface area (Å²) in [6, 6.07) is -0.829. The van der Waals surface area contributed by atoms with Crippen molar-refractivity contribution in [2.24, 2.45) is 0 Å². The maximum Gasteiger partial charge on any atom is 0.220 e. The third-order valence-corrected chi connectivity index (χ3v) is 16.0. The highest BCUT2D eigenvalue weighted by atomic mass is 16.7. The van der Waals surface area contributed by atoms with E-state index in [2.05, 4.69) is 31.3 Å². The molecule has 0 aliphatic carbocycles. The number of hydrogen-bond acceptors (Lipinski definition) is 13. The molecule has 2 saturated heterocycles. The number of carbonyl (C=O) groups is 1. The van der Waals surface area contributed by atoms with Gasteiger partial charge in [0.1, 0.15) is 48.8 Å². The lowest BCUT2D eigenvalue weighted by atomic mass is 9.97. The Kier molecular flexibility index (Phi) is 45.1. The average molecular weight is 1090 g/mol. The fourth-order valence-corrected chi connectivity index (χ4v) is 10.8. The Labute approximate surface area is 463 Å². The molecular weight excluding hydrogens is 967 g/mol. The highest BCUT2D eigenvalue weighted by Crippen LogP contribution is 2.30. The highest BCUT2D eigenvalue weighted by molar-refractivity contribution is 5.76. The van der Waals surface area contributed by atoms with E-state index in [0.29, 0.717) is 19.3 Å². The summed E-state index contributed by atoms with van der Waals surface area (Å²) < 4.78 is 22.8. The van der Waals surface area contributed by atoms with Gasteiger partial charge in [-0.2, -0.15) is 0 Å². The number of aliphatic hydroxyl groups is 8. The fraction of sp³-hybridized carbons (Fsp3) is 0.952. The van der Waals surface area contributed by atoms with Crippen molar-refractivity contribution in [3.8, 4) is 0 Å². The lowest BCUT2D eigenvalue weighted by Gasteiger charge is -2.46. The van der Waals surface area contributed by atoms with Crippen molar-refractivity contribution in [3.63, 3.8) is 0 Å². The Hall–Kier alpha value is -1.27. The third kappa shape index (κ3) is 33.5. The number of rotatable bonds is 52. The van der Waals surface area contributed by atoms with Gasteiger partial charge in [0, 0.05) is 6.42 Å². The molecule has 2 aliphatic rings. The molecular formula is C62H119NO13. The second-order valence-corrected chi connectivity index (χ2v) is 22.9. The third-order valence-electron chi connectivity index (χ3n) is 16.0. The van der Waals surface area contributed by atoms with Crippen molar-refractivity contribution in [3.05, 3.63) is 12.2 Å². The predicted octanol–water partition coefficient (Wildman–Crippen LogP) is 11.5. The summed E-state index contributed by atoms with van der Waals surface area (Å²) in [6.45, 7) is 2.81. The van der Waals surface area contributed by atoms with Crippen molar-refractivity contribution in [2.75, 3.05) is 19.8 Å². The molecule has 14 nitrogen and oxygen atoms in total. The quantitative estimate of drug-likeness (QED) is 0.0204. The molecule has 76 heavy (non-hydrogen) atoms. The van der Waals surface area contributed by atoms with E-state index < -0.39 is 86.8 Å². The van der Waals surface area contributed by atoms with Gasteiger partial charge in [-0.1, -0.05) is 257 Å². The smallest absolute Gasteiger partial charge is 0.220 e. The molecule has 0 aromatic carbocycles. The fourth-order valence-electron chi connectivity index (χ4n) is 10.8. The minimum atomic E-state index is -1.78. The summed E-state index contributed by atoms with van der Waals surface area (Å²) in [7, 11) is 0. The van der Waals surface area contributed by atoms with Crippen LogP contribution in [0.4, 0.5) is 0 Å². The number of allylic oxidation sites excluding steroid dienone is 2. The first-order valence-electron chi connectivity index (χ1n) is 31.9. The van der Waals surface area contributed by atoms with Gasteiger partial charge >= 0.3 is 0 Å². The number of unbranched alkanes of at least 4 members (excludes halogenated alkanes) is 37. The van der Waals surface area contributed by atoms with Crippen LogP contribution < -0.4 is 5.32 Å². The lowest BCUT2D eigenvalue weighted by molar-refractivity contribution is -0.359. The maximum absolute atomic E-state index is 13.2. The van der Waals surface area contributed by atoms with Gasteiger partial charge < -0.3 is 65.1 Å². The van der Waals surface area contributed by atoms with Crippen LogP contribution in [0.25, 0.3) is 0 Å². The van der Waals surface area contributed by atoms with Crippen molar-refractivity contribution in [1.29, 1.82) is 0 Å². The Balaban J connectivity index is 1.60. The zero-order chi connectivity index (χ0) is 55.3. The van der Waals surface area contributed by atoms with E-state index in [4.69, 9.17) is 18.9 Å². The topological polar surface area (TPSA) is 228 Å². The summed E-state index contributed by atoms with van der Waals surface area (Å²) >= 11 is 0. The monoisotopic (exact) mass is 1090 g/mol. The number of nitrogens with one attached hydrogen (secondary N) is 1. The van der Waals surface area contributed by atoms with E-state index in [1.165, 1.54) is 180 Å². The number of hydrogen-bond donors (Lipinski definition) is 9. The van der Waals surface area contributed by atoms with E-state index in [1.54, 1.807) is 0 Å². The normalized spacial score (nSPS) is 24.9. The van der Waals surface area contributed by atoms with Crippen molar-refractivity contribution in [1.82, 2.24) is 5.32 Å². The van der Waals surface area contributed by atoms with Gasteiger partial charge in [-0.05, 0) is 32.1 Å². The Morgan fingerprint density at radius 1 is 0.461 bits per heavy atom. The first kappa shape index (κ1) is 70.8. The number of amides is 1. The minimum absolute atomic E-state index is 0.215. The largest absolute Gasteiger partial charge is 0.394 e. The number of ether oxygens (including phenoxy) is 4. The molecule has 2 rings (SSSR count). The highest BCUT2D eigenvalue weighted by Gasteiger charge is 2.51. The first-order chi connectivity index (χ1) is 37.1. The summed E-state index contributed by atoms with van der Waals surface area (Å²) in [5.41, 5.74) is 0. The lowest BCUT2D eigenvalue weighted by Crippen LogP contribution is -2.65. The summed E-state index contributed by atoms with van der Waals surface area (Å²) in [5, 5.41) is 87.1. The summed E-state index contributed by atoms with van der Waals surface area (Å²) in [5.74, 6) is -0.215. The summed E-state index contributed by atoms with van der Waals surface area (Å²) in [6.07, 6.45) is 39.8. The van der Waals surface area contributed by atoms with Crippen molar-refractivity contribution in [2.45, 2.75) is 357 Å². The Morgan fingerprint density at radius 3 is 1.30 bits per heavy atom. The van der Waals surface area contributed by atoms with Crippen LogP contribution in [0.15, 0.2) is 12.2 Å². The van der Waals surface area contributed by atoms with E-state index >= 15 is 0 Å². The molecule has 0 spiro atoms. The van der Waals surface area contributed by atoms with Crippen LogP contribution in [-0.2, 0) is 23.7 Å². The molecule has 12 unspecified atom stereocenters. The van der Waals surface area contributed by atoms with Crippen LogP contribution in [-0.4, -0.2) is 140 Å². The van der Waals surface area contributed by atoms with Gasteiger partial charge in [-0.3, -0.25) is 4.79 Å². The second kappa shape index (κ2) is 48.4. The Bertz CT molecular complexity index is 1330. The van der Waals surface area contributed by atoms with E-state index in [0.717, 1.165) is 70.6 Å². The minimum Gasteiger partial charge on any atom is -0.394 e. The van der Waals surface area contributed by atoms with Crippen LogP contribution in [0.3, 0.4) is 0 Å². The van der Waals surface area contributed by atoms with E-state index in [-0.39, 0.29) is 12.5 Å². The molecule has 0 aromatic rings. The molecule has 0 radical (unpaired) electrons. The predicted molar refractivity (Wildman–Crippen MR) is 305 cm³/mol. The molecule has 2 fully saturated rings. The molecule has 0 aromatic heterocycles. The molecule has 0 bridgehead atoms. The molecule has 450 valence electrons. The number of carbonyl (C=O) groups excluding carboxylic acids is 1. The molecule has 0 saturated carbocycles. The number of aliphatic hydroxyl groups excluding tert-OH is 8. The van der Waals surface area contributed by atoms with Gasteiger partial charge in [0.05, 0.1) is 32.0 Å². The molecule has 2 aliphatic heterocycles. The molecule has 9 N–H and O–H groups in total. The standard InChI is InChI=1S/C62H119NO13/c1-3-5-7-9-11-13-15-16-17-18-19-20-21-22-23-24-25-26-27-28-29-30-31-32-33-34-35-36-37-39-41-43-45-51(66)50(63-54(67)46-44-42-40-38-14-12-10-8-6-4-2)49-73-61-59(72)57(70)60(53(48-65)75-61)76-62-58(71)56(69)55(68)52(47-64)74-62/h8,10,50-53,55-62,64-66,68-72H,3-7,9,11-49H2,1-2H3,(H,63,67)/b10-8-. The van der Waals surface area contributed by atoms with Crippen LogP contribution in [0.2, 0.25) is 0 Å². The molecule has 12 atom stereocenters.